The summed E-state index contributed by atoms with van der Waals surface area (Å²) in [5.74, 6) is -0.679. The lowest BCUT2D eigenvalue weighted by molar-refractivity contribution is -0.163. The number of rotatable bonds is 1. The fourth-order valence-corrected chi connectivity index (χ4v) is 3.41. The first-order valence-corrected chi connectivity index (χ1v) is 7.48. The van der Waals surface area contributed by atoms with Crippen LogP contribution in [0, 0.1) is 0 Å². The van der Waals surface area contributed by atoms with Crippen molar-refractivity contribution in [2.45, 2.75) is 12.0 Å². The Labute approximate surface area is 134 Å². The van der Waals surface area contributed by atoms with Crippen LogP contribution in [-0.2, 0) is 19.9 Å². The van der Waals surface area contributed by atoms with Crippen molar-refractivity contribution >= 4 is 23.1 Å². The van der Waals surface area contributed by atoms with E-state index in [1.54, 1.807) is 11.9 Å². The quantitative estimate of drug-likeness (QED) is 0.761. The van der Waals surface area contributed by atoms with Crippen molar-refractivity contribution in [2.24, 2.45) is 0 Å². The first-order chi connectivity index (χ1) is 11.1. The Morgan fingerprint density at radius 2 is 1.70 bits per heavy atom. The van der Waals surface area contributed by atoms with Crippen LogP contribution in [0.4, 0.5) is 5.69 Å². The zero-order valence-electron chi connectivity index (χ0n) is 12.7. The SMILES string of the molecule is CN1C(=O)[C@@]2(CC(c3ccccc3)=CC(=O)O2)c2ccccc21. The Hall–Kier alpha value is -2.88. The van der Waals surface area contributed by atoms with Gasteiger partial charge in [0, 0.05) is 25.1 Å². The van der Waals surface area contributed by atoms with Gasteiger partial charge in [-0.1, -0.05) is 48.5 Å². The number of benzene rings is 2. The van der Waals surface area contributed by atoms with E-state index in [0.717, 1.165) is 22.4 Å². The van der Waals surface area contributed by atoms with Crippen molar-refractivity contribution < 1.29 is 14.3 Å². The average Bonchev–Trinajstić information content (AvgIpc) is 2.78. The Kier molecular flexibility index (Phi) is 2.88. The number of carbonyl (C=O) groups is 2. The molecule has 2 heterocycles. The molecule has 0 saturated carbocycles. The van der Waals surface area contributed by atoms with Gasteiger partial charge >= 0.3 is 5.97 Å². The van der Waals surface area contributed by atoms with Crippen LogP contribution in [0.3, 0.4) is 0 Å². The molecule has 0 N–H and O–H groups in total. The number of hydrogen-bond donors (Lipinski definition) is 0. The number of esters is 1. The molecule has 114 valence electrons. The molecule has 2 aromatic carbocycles. The fraction of sp³-hybridized carbons (Fsp3) is 0.158. The summed E-state index contributed by atoms with van der Waals surface area (Å²) in [4.78, 5) is 26.6. The number of ether oxygens (including phenoxy) is 1. The first kappa shape index (κ1) is 13.8. The van der Waals surface area contributed by atoms with E-state index in [9.17, 15) is 9.59 Å². The molecule has 0 fully saturated rings. The molecule has 1 amide bonds. The topological polar surface area (TPSA) is 46.6 Å². The van der Waals surface area contributed by atoms with Crippen LogP contribution in [-0.4, -0.2) is 18.9 Å². The lowest BCUT2D eigenvalue weighted by atomic mass is 9.84. The first-order valence-electron chi connectivity index (χ1n) is 7.48. The molecule has 0 radical (unpaired) electrons. The highest BCUT2D eigenvalue weighted by Crippen LogP contribution is 2.48. The highest BCUT2D eigenvalue weighted by molar-refractivity contribution is 6.10. The summed E-state index contributed by atoms with van der Waals surface area (Å²) in [6.07, 6.45) is 1.83. The van der Waals surface area contributed by atoms with E-state index >= 15 is 0 Å². The molecule has 2 aromatic rings. The number of amides is 1. The minimum Gasteiger partial charge on any atom is -0.440 e. The molecule has 4 heteroatoms. The van der Waals surface area contributed by atoms with Gasteiger partial charge in [-0.05, 0) is 17.2 Å². The van der Waals surface area contributed by atoms with Crippen LogP contribution in [0.5, 0.6) is 0 Å². The second kappa shape index (κ2) is 4.81. The third-order valence-electron chi connectivity index (χ3n) is 4.50. The van der Waals surface area contributed by atoms with Crippen molar-refractivity contribution in [3.05, 3.63) is 71.8 Å². The summed E-state index contributed by atoms with van der Waals surface area (Å²) in [6, 6.07) is 17.1. The lowest BCUT2D eigenvalue weighted by Crippen LogP contribution is -2.44. The molecule has 2 aliphatic heterocycles. The second-order valence-electron chi connectivity index (χ2n) is 5.84. The maximum Gasteiger partial charge on any atom is 0.332 e. The minimum absolute atomic E-state index is 0.200. The molecular weight excluding hydrogens is 290 g/mol. The molecule has 0 aromatic heterocycles. The van der Waals surface area contributed by atoms with Gasteiger partial charge < -0.3 is 9.64 Å². The fourth-order valence-electron chi connectivity index (χ4n) is 3.41. The smallest absolute Gasteiger partial charge is 0.332 e. The van der Waals surface area contributed by atoms with Gasteiger partial charge in [0.25, 0.3) is 5.91 Å². The van der Waals surface area contributed by atoms with Gasteiger partial charge in [0.15, 0.2) is 0 Å². The highest BCUT2D eigenvalue weighted by Gasteiger charge is 2.54. The van der Waals surface area contributed by atoms with Crippen LogP contribution >= 0.6 is 0 Å². The van der Waals surface area contributed by atoms with E-state index in [4.69, 9.17) is 4.74 Å². The number of para-hydroxylation sites is 1. The molecule has 4 nitrogen and oxygen atoms in total. The van der Waals surface area contributed by atoms with E-state index < -0.39 is 11.6 Å². The van der Waals surface area contributed by atoms with Gasteiger partial charge in [-0.2, -0.15) is 0 Å². The largest absolute Gasteiger partial charge is 0.440 e. The van der Waals surface area contributed by atoms with Gasteiger partial charge in [0.2, 0.25) is 5.60 Å². The summed E-state index contributed by atoms with van der Waals surface area (Å²) in [5.41, 5.74) is 2.05. The molecule has 0 saturated heterocycles. The molecule has 0 unspecified atom stereocenters. The van der Waals surface area contributed by atoms with Crippen LogP contribution in [0.2, 0.25) is 0 Å². The Morgan fingerprint density at radius 1 is 1.00 bits per heavy atom. The molecule has 0 bridgehead atoms. The van der Waals surface area contributed by atoms with E-state index in [0.29, 0.717) is 6.42 Å². The number of likely N-dealkylation sites (N-methyl/N-ethyl adjacent to an activating group) is 1. The molecule has 1 spiro atoms. The van der Waals surface area contributed by atoms with Gasteiger partial charge in [0.05, 0.1) is 5.69 Å². The van der Waals surface area contributed by atoms with Crippen molar-refractivity contribution in [2.75, 3.05) is 11.9 Å². The van der Waals surface area contributed by atoms with Crippen molar-refractivity contribution in [1.82, 2.24) is 0 Å². The molecule has 23 heavy (non-hydrogen) atoms. The zero-order valence-corrected chi connectivity index (χ0v) is 12.7. The molecule has 1 atom stereocenters. The van der Waals surface area contributed by atoms with E-state index in [-0.39, 0.29) is 5.91 Å². The van der Waals surface area contributed by atoms with Gasteiger partial charge in [-0.25, -0.2) is 4.79 Å². The predicted molar refractivity (Wildman–Crippen MR) is 86.7 cm³/mol. The predicted octanol–water partition coefficient (Wildman–Crippen LogP) is 2.89. The van der Waals surface area contributed by atoms with Crippen molar-refractivity contribution in [3.8, 4) is 0 Å². The summed E-state index contributed by atoms with van der Waals surface area (Å²) in [7, 11) is 1.71. The molecule has 2 aliphatic rings. The third-order valence-corrected chi connectivity index (χ3v) is 4.50. The summed E-state index contributed by atoms with van der Waals surface area (Å²) < 4.78 is 5.59. The minimum atomic E-state index is -1.25. The highest BCUT2D eigenvalue weighted by atomic mass is 16.6. The summed E-state index contributed by atoms with van der Waals surface area (Å²) in [5, 5.41) is 0. The lowest BCUT2D eigenvalue weighted by Gasteiger charge is -2.32. The van der Waals surface area contributed by atoms with Gasteiger partial charge in [0.1, 0.15) is 0 Å². The zero-order chi connectivity index (χ0) is 16.0. The van der Waals surface area contributed by atoms with E-state index in [1.165, 1.54) is 6.08 Å². The Morgan fingerprint density at radius 3 is 2.48 bits per heavy atom. The number of fused-ring (bicyclic) bond motifs is 2. The second-order valence-corrected chi connectivity index (χ2v) is 5.84. The summed E-state index contributed by atoms with van der Waals surface area (Å²) >= 11 is 0. The van der Waals surface area contributed by atoms with E-state index in [2.05, 4.69) is 0 Å². The van der Waals surface area contributed by atoms with Crippen LogP contribution in [0.15, 0.2) is 60.7 Å². The number of nitrogens with zero attached hydrogens (tertiary/aromatic N) is 1. The van der Waals surface area contributed by atoms with Gasteiger partial charge in [-0.15, -0.1) is 0 Å². The van der Waals surface area contributed by atoms with E-state index in [1.807, 2.05) is 54.6 Å². The van der Waals surface area contributed by atoms with Crippen LogP contribution < -0.4 is 4.90 Å². The molecule has 0 aliphatic carbocycles. The number of carbonyl (C=O) groups excluding carboxylic acids is 2. The van der Waals surface area contributed by atoms with Crippen molar-refractivity contribution in [3.63, 3.8) is 0 Å². The van der Waals surface area contributed by atoms with Crippen molar-refractivity contribution in [1.29, 1.82) is 0 Å². The monoisotopic (exact) mass is 305 g/mol. The van der Waals surface area contributed by atoms with Crippen LogP contribution in [0.1, 0.15) is 17.5 Å². The Bertz CT molecular complexity index is 841. The third kappa shape index (κ3) is 1.91. The normalized spacial score (nSPS) is 22.8. The van der Waals surface area contributed by atoms with Gasteiger partial charge in [-0.3, -0.25) is 4.79 Å². The number of hydrogen-bond acceptors (Lipinski definition) is 3. The standard InChI is InChI=1S/C19H15NO3/c1-20-16-10-6-5-9-15(16)19(18(20)22)12-14(11-17(21)23-19)13-7-3-2-4-8-13/h2-11H,12H2,1H3/t19-/m1/s1. The maximum atomic E-state index is 12.9. The molecular formula is C19H15NO3. The molecule has 4 rings (SSSR count). The average molecular weight is 305 g/mol. The van der Waals surface area contributed by atoms with Crippen LogP contribution in [0.25, 0.3) is 5.57 Å². The summed E-state index contributed by atoms with van der Waals surface area (Å²) in [6.45, 7) is 0. The maximum absolute atomic E-state index is 12.9. The number of anilines is 1. The Balaban J connectivity index is 1.86.